The number of aliphatic hydroxyl groups is 1. The number of amides is 1. The van der Waals surface area contributed by atoms with Gasteiger partial charge < -0.3 is 15.2 Å². The minimum Gasteiger partial charge on any atom is -0.387 e. The molecule has 4 heteroatoms. The summed E-state index contributed by atoms with van der Waals surface area (Å²) in [6, 6.07) is 0. The van der Waals surface area contributed by atoms with Crippen molar-refractivity contribution in [3.05, 3.63) is 11.6 Å². The fourth-order valence-corrected chi connectivity index (χ4v) is 2.26. The van der Waals surface area contributed by atoms with Gasteiger partial charge in [-0.15, -0.1) is 0 Å². The Kier molecular flexibility index (Phi) is 4.56. The van der Waals surface area contributed by atoms with Gasteiger partial charge in [-0.2, -0.15) is 0 Å². The summed E-state index contributed by atoms with van der Waals surface area (Å²) in [4.78, 5) is 11.7. The molecule has 2 unspecified atom stereocenters. The zero-order valence-electron chi connectivity index (χ0n) is 12.0. The molecule has 0 aromatic heterocycles. The summed E-state index contributed by atoms with van der Waals surface area (Å²) in [7, 11) is 0. The lowest BCUT2D eigenvalue weighted by Gasteiger charge is -2.57. The second-order valence-electron chi connectivity index (χ2n) is 5.56. The molecule has 1 rings (SSSR count). The predicted molar refractivity (Wildman–Crippen MR) is 71.2 cm³/mol. The molecule has 0 heterocycles. The first-order valence-corrected chi connectivity index (χ1v) is 6.53. The maximum Gasteiger partial charge on any atom is 0.246 e. The van der Waals surface area contributed by atoms with Crippen LogP contribution in [0.5, 0.6) is 0 Å². The smallest absolute Gasteiger partial charge is 0.246 e. The van der Waals surface area contributed by atoms with E-state index >= 15 is 0 Å². The van der Waals surface area contributed by atoms with Gasteiger partial charge in [0.15, 0.2) is 0 Å². The van der Waals surface area contributed by atoms with Crippen LogP contribution in [0.3, 0.4) is 0 Å². The lowest BCUT2D eigenvalue weighted by molar-refractivity contribution is -0.238. The zero-order chi connectivity index (χ0) is 14.0. The van der Waals surface area contributed by atoms with Gasteiger partial charge in [0, 0.05) is 30.6 Å². The van der Waals surface area contributed by atoms with E-state index in [2.05, 4.69) is 5.32 Å². The van der Waals surface area contributed by atoms with Gasteiger partial charge in [0.25, 0.3) is 0 Å². The van der Waals surface area contributed by atoms with E-state index in [1.807, 2.05) is 27.7 Å². The number of hydrogen-bond acceptors (Lipinski definition) is 3. The average Bonchev–Trinajstić information content (AvgIpc) is 2.34. The maximum absolute atomic E-state index is 11.7. The number of hydrogen-bond donors (Lipinski definition) is 2. The highest BCUT2D eigenvalue weighted by Crippen LogP contribution is 2.50. The van der Waals surface area contributed by atoms with Gasteiger partial charge in [0.1, 0.15) is 0 Å². The summed E-state index contributed by atoms with van der Waals surface area (Å²) >= 11 is 0. The molecular weight excluding hydrogens is 230 g/mol. The van der Waals surface area contributed by atoms with Crippen LogP contribution in [0.2, 0.25) is 0 Å². The first kappa shape index (κ1) is 15.2. The van der Waals surface area contributed by atoms with Crippen LogP contribution in [0.25, 0.3) is 0 Å². The molecule has 18 heavy (non-hydrogen) atoms. The quantitative estimate of drug-likeness (QED) is 0.734. The van der Waals surface area contributed by atoms with Gasteiger partial charge in [-0.1, -0.05) is 19.9 Å². The topological polar surface area (TPSA) is 58.6 Å². The first-order chi connectivity index (χ1) is 8.28. The second kappa shape index (κ2) is 5.41. The summed E-state index contributed by atoms with van der Waals surface area (Å²) in [5, 5.41) is 13.3. The molecule has 0 radical (unpaired) electrons. The minimum atomic E-state index is -0.878. The Morgan fingerprint density at radius 2 is 2.17 bits per heavy atom. The first-order valence-electron chi connectivity index (χ1n) is 6.53. The average molecular weight is 255 g/mol. The predicted octanol–water partition coefficient (Wildman–Crippen LogP) is 1.63. The summed E-state index contributed by atoms with van der Waals surface area (Å²) in [6.45, 7) is 10.4. The Morgan fingerprint density at radius 3 is 2.61 bits per heavy atom. The molecular formula is C14H25NO3. The molecule has 0 saturated heterocycles. The molecule has 0 bridgehead atoms. The Hall–Kier alpha value is -0.870. The molecule has 1 fully saturated rings. The summed E-state index contributed by atoms with van der Waals surface area (Å²) in [5.74, 6) is -0.124. The monoisotopic (exact) mass is 255 g/mol. The van der Waals surface area contributed by atoms with Gasteiger partial charge in [-0.3, -0.25) is 4.79 Å². The molecule has 104 valence electrons. The molecule has 4 nitrogen and oxygen atoms in total. The fraction of sp³-hybridized carbons (Fsp3) is 0.786. The van der Waals surface area contributed by atoms with Gasteiger partial charge in [0.05, 0.1) is 11.7 Å². The highest BCUT2D eigenvalue weighted by Gasteiger charge is 2.59. The van der Waals surface area contributed by atoms with Crippen LogP contribution in [0.4, 0.5) is 0 Å². The van der Waals surface area contributed by atoms with Crippen LogP contribution in [-0.4, -0.2) is 35.9 Å². The zero-order valence-corrected chi connectivity index (χ0v) is 12.0. The second-order valence-corrected chi connectivity index (χ2v) is 5.56. The normalized spacial score (nSPS) is 30.8. The molecule has 0 aromatic rings. The van der Waals surface area contributed by atoms with Crippen LogP contribution in [-0.2, 0) is 9.53 Å². The van der Waals surface area contributed by atoms with Crippen molar-refractivity contribution >= 4 is 5.91 Å². The molecule has 1 aliphatic rings. The SMILES string of the molecule is C/C=C(\C)C(=O)NCC1(O)CC(OCC)C1(C)C. The van der Waals surface area contributed by atoms with Crippen LogP contribution < -0.4 is 5.32 Å². The third-order valence-corrected chi connectivity index (χ3v) is 4.23. The number of carbonyl (C=O) groups excluding carboxylic acids is 1. The van der Waals surface area contributed by atoms with Crippen LogP contribution in [0, 0.1) is 5.41 Å². The molecule has 0 aromatic carbocycles. The fourth-order valence-electron chi connectivity index (χ4n) is 2.26. The van der Waals surface area contributed by atoms with Gasteiger partial charge in [0.2, 0.25) is 5.91 Å². The van der Waals surface area contributed by atoms with Crippen LogP contribution >= 0.6 is 0 Å². The van der Waals surface area contributed by atoms with Gasteiger partial charge in [-0.25, -0.2) is 0 Å². The summed E-state index contributed by atoms with van der Waals surface area (Å²) < 4.78 is 5.58. The molecule has 2 N–H and O–H groups in total. The van der Waals surface area contributed by atoms with E-state index in [4.69, 9.17) is 4.74 Å². The number of carbonyl (C=O) groups is 1. The van der Waals surface area contributed by atoms with E-state index < -0.39 is 5.60 Å². The third-order valence-electron chi connectivity index (χ3n) is 4.23. The Bertz CT molecular complexity index is 349. The Labute approximate surface area is 109 Å². The molecule has 1 saturated carbocycles. The van der Waals surface area contributed by atoms with Crippen molar-refractivity contribution in [3.8, 4) is 0 Å². The molecule has 1 aliphatic carbocycles. The number of ether oxygens (including phenoxy) is 1. The van der Waals surface area contributed by atoms with Crippen molar-refractivity contribution in [2.24, 2.45) is 5.41 Å². The summed E-state index contributed by atoms with van der Waals surface area (Å²) in [6.07, 6.45) is 2.39. The molecule has 2 atom stereocenters. The van der Waals surface area contributed by atoms with Gasteiger partial charge >= 0.3 is 0 Å². The lowest BCUT2D eigenvalue weighted by Crippen LogP contribution is -2.68. The van der Waals surface area contributed by atoms with Crippen molar-refractivity contribution in [1.82, 2.24) is 5.32 Å². The van der Waals surface area contributed by atoms with E-state index in [-0.39, 0.29) is 24.0 Å². The van der Waals surface area contributed by atoms with Crippen LogP contribution in [0.1, 0.15) is 41.0 Å². The van der Waals surface area contributed by atoms with E-state index in [0.29, 0.717) is 18.6 Å². The number of nitrogens with one attached hydrogen (secondary N) is 1. The summed E-state index contributed by atoms with van der Waals surface area (Å²) in [5.41, 5.74) is -0.548. The minimum absolute atomic E-state index is 0.0622. The highest BCUT2D eigenvalue weighted by atomic mass is 16.5. The maximum atomic E-state index is 11.7. The standard InChI is InChI=1S/C14H25NO3/c1-6-10(3)12(16)15-9-14(17)8-11(18-7-2)13(14,4)5/h6,11,17H,7-9H2,1-5H3,(H,15,16)/b10-6+. The number of allylic oxidation sites excluding steroid dienone is 1. The Morgan fingerprint density at radius 1 is 1.56 bits per heavy atom. The highest BCUT2D eigenvalue weighted by molar-refractivity contribution is 5.92. The third kappa shape index (κ3) is 2.59. The van der Waals surface area contributed by atoms with Crippen molar-refractivity contribution in [3.63, 3.8) is 0 Å². The van der Waals surface area contributed by atoms with Crippen LogP contribution in [0.15, 0.2) is 11.6 Å². The molecule has 0 spiro atoms. The largest absolute Gasteiger partial charge is 0.387 e. The van der Waals surface area contributed by atoms with Crippen molar-refractivity contribution < 1.29 is 14.6 Å². The van der Waals surface area contributed by atoms with Crippen molar-refractivity contribution in [1.29, 1.82) is 0 Å². The Balaban J connectivity index is 2.56. The van der Waals surface area contributed by atoms with Gasteiger partial charge in [-0.05, 0) is 20.8 Å². The van der Waals surface area contributed by atoms with E-state index in [1.165, 1.54) is 0 Å². The lowest BCUT2D eigenvalue weighted by atomic mass is 9.56. The molecule has 1 amide bonds. The van der Waals surface area contributed by atoms with Crippen molar-refractivity contribution in [2.45, 2.75) is 52.7 Å². The van der Waals surface area contributed by atoms with E-state index in [1.54, 1.807) is 13.0 Å². The number of rotatable bonds is 5. The van der Waals surface area contributed by atoms with E-state index in [0.717, 1.165) is 0 Å². The molecule has 0 aliphatic heterocycles. The van der Waals surface area contributed by atoms with E-state index in [9.17, 15) is 9.90 Å². The van der Waals surface area contributed by atoms with Crippen molar-refractivity contribution in [2.75, 3.05) is 13.2 Å².